The van der Waals surface area contributed by atoms with Crippen LogP contribution in [-0.4, -0.2) is 21.4 Å². The van der Waals surface area contributed by atoms with Gasteiger partial charge in [0.25, 0.3) is 0 Å². The van der Waals surface area contributed by atoms with Crippen molar-refractivity contribution in [2.45, 2.75) is 96.5 Å². The smallest absolute Gasteiger partial charge is 0.119 e. The molecule has 0 fully saturated rings. The van der Waals surface area contributed by atoms with Crippen molar-refractivity contribution >= 4 is 0 Å². The molecule has 1 atom stereocenters. The summed E-state index contributed by atoms with van der Waals surface area (Å²) in [7, 11) is 0. The van der Waals surface area contributed by atoms with Gasteiger partial charge in [-0.2, -0.15) is 0 Å². The van der Waals surface area contributed by atoms with Gasteiger partial charge in [0.1, 0.15) is 11.5 Å². The molecule has 0 heterocycles. The largest absolute Gasteiger partial charge is 0.508 e. The second-order valence-electron chi connectivity index (χ2n) is 7.04. The molecule has 1 aromatic carbocycles. The van der Waals surface area contributed by atoms with E-state index in [4.69, 9.17) is 0 Å². The van der Waals surface area contributed by atoms with Crippen LogP contribution in [0.4, 0.5) is 0 Å². The van der Waals surface area contributed by atoms with E-state index in [2.05, 4.69) is 6.92 Å². The van der Waals surface area contributed by atoms with Crippen molar-refractivity contribution in [1.82, 2.24) is 0 Å². The molecule has 24 heavy (non-hydrogen) atoms. The molecule has 0 radical (unpaired) electrons. The van der Waals surface area contributed by atoms with E-state index in [-0.39, 0.29) is 11.5 Å². The topological polar surface area (TPSA) is 60.7 Å². The van der Waals surface area contributed by atoms with Crippen molar-refractivity contribution in [2.75, 3.05) is 0 Å². The average molecular weight is 337 g/mol. The van der Waals surface area contributed by atoms with Gasteiger partial charge in [-0.1, -0.05) is 77.6 Å². The van der Waals surface area contributed by atoms with Gasteiger partial charge < -0.3 is 15.3 Å². The van der Waals surface area contributed by atoms with E-state index in [1.165, 1.54) is 70.3 Å². The Kier molecular flexibility index (Phi) is 11.4. The summed E-state index contributed by atoms with van der Waals surface area (Å²) in [6.45, 7) is 2.25. The first-order chi connectivity index (χ1) is 11.6. The summed E-state index contributed by atoms with van der Waals surface area (Å²) in [5.41, 5.74) is 0.781. The third kappa shape index (κ3) is 10.5. The monoisotopic (exact) mass is 336 g/mol. The Bertz CT molecular complexity index is 411. The van der Waals surface area contributed by atoms with E-state index in [9.17, 15) is 15.3 Å². The van der Waals surface area contributed by atoms with Crippen LogP contribution in [0.3, 0.4) is 0 Å². The molecule has 0 aliphatic carbocycles. The minimum absolute atomic E-state index is 0.0481. The molecule has 0 saturated carbocycles. The van der Waals surface area contributed by atoms with Gasteiger partial charge in [-0.05, 0) is 30.5 Å². The van der Waals surface area contributed by atoms with E-state index in [0.717, 1.165) is 18.4 Å². The van der Waals surface area contributed by atoms with Crippen molar-refractivity contribution in [3.63, 3.8) is 0 Å². The van der Waals surface area contributed by atoms with Crippen LogP contribution in [0.15, 0.2) is 18.2 Å². The van der Waals surface area contributed by atoms with Crippen LogP contribution in [0.5, 0.6) is 11.5 Å². The molecule has 0 aromatic heterocycles. The van der Waals surface area contributed by atoms with Gasteiger partial charge in [-0.3, -0.25) is 0 Å². The first kappa shape index (κ1) is 20.8. The lowest BCUT2D eigenvalue weighted by Crippen LogP contribution is -2.10. The number of rotatable bonds is 14. The molecule has 0 spiro atoms. The molecule has 138 valence electrons. The molecular weight excluding hydrogens is 300 g/mol. The van der Waals surface area contributed by atoms with Gasteiger partial charge in [0, 0.05) is 6.07 Å². The first-order valence-electron chi connectivity index (χ1n) is 9.81. The minimum Gasteiger partial charge on any atom is -0.508 e. The van der Waals surface area contributed by atoms with Gasteiger partial charge in [0.05, 0.1) is 6.10 Å². The van der Waals surface area contributed by atoms with E-state index >= 15 is 0 Å². The summed E-state index contributed by atoms with van der Waals surface area (Å²) >= 11 is 0. The molecule has 0 amide bonds. The molecule has 1 rings (SSSR count). The number of phenolic OH excluding ortho intramolecular Hbond substituents is 2. The Hall–Kier alpha value is -1.22. The van der Waals surface area contributed by atoms with Crippen LogP contribution in [0.2, 0.25) is 0 Å². The molecule has 0 saturated heterocycles. The fourth-order valence-corrected chi connectivity index (χ4v) is 3.19. The minimum atomic E-state index is -0.398. The Morgan fingerprint density at radius 3 is 1.67 bits per heavy atom. The maximum Gasteiger partial charge on any atom is 0.119 e. The zero-order valence-electron chi connectivity index (χ0n) is 15.3. The number of hydrogen-bond donors (Lipinski definition) is 3. The predicted octanol–water partition coefficient (Wildman–Crippen LogP) is 5.70. The molecule has 3 heteroatoms. The lowest BCUT2D eigenvalue weighted by molar-refractivity contribution is 0.160. The average Bonchev–Trinajstić information content (AvgIpc) is 2.51. The van der Waals surface area contributed by atoms with Crippen molar-refractivity contribution in [3.05, 3.63) is 23.8 Å². The molecule has 3 nitrogen and oxygen atoms in total. The van der Waals surface area contributed by atoms with E-state index in [0.29, 0.717) is 6.42 Å². The molecule has 0 unspecified atom stereocenters. The maximum absolute atomic E-state index is 10.1. The summed E-state index contributed by atoms with van der Waals surface area (Å²) in [5.74, 6) is 0.0961. The lowest BCUT2D eigenvalue weighted by Gasteiger charge is -2.11. The van der Waals surface area contributed by atoms with Gasteiger partial charge in [-0.25, -0.2) is 0 Å². The second kappa shape index (κ2) is 13.1. The number of aliphatic hydroxyl groups is 1. The van der Waals surface area contributed by atoms with E-state index in [1.807, 2.05) is 0 Å². The van der Waals surface area contributed by atoms with Gasteiger partial charge in [-0.15, -0.1) is 0 Å². The van der Waals surface area contributed by atoms with Crippen molar-refractivity contribution in [2.24, 2.45) is 0 Å². The molecule has 1 aromatic rings. The number of benzene rings is 1. The second-order valence-corrected chi connectivity index (χ2v) is 7.04. The summed E-state index contributed by atoms with van der Waals surface area (Å²) in [6, 6.07) is 4.51. The van der Waals surface area contributed by atoms with Gasteiger partial charge in [0.15, 0.2) is 0 Å². The van der Waals surface area contributed by atoms with Crippen LogP contribution in [0.25, 0.3) is 0 Å². The molecule has 3 N–H and O–H groups in total. The van der Waals surface area contributed by atoms with Crippen LogP contribution in [0.1, 0.15) is 89.5 Å². The number of aromatic hydroxyl groups is 2. The maximum atomic E-state index is 10.1. The lowest BCUT2D eigenvalue weighted by atomic mass is 10.0. The fraction of sp³-hybridized carbons (Fsp3) is 0.714. The standard InChI is InChI=1S/C21H36O3/c1-2-3-4-5-6-7-8-9-10-11-12-13-19(22)14-18-15-20(23)17-21(24)16-18/h15-17,19,22-24H,2-14H2,1H3/t19-/m1/s1. The number of phenols is 2. The van der Waals surface area contributed by atoms with Crippen molar-refractivity contribution in [1.29, 1.82) is 0 Å². The highest BCUT2D eigenvalue weighted by Crippen LogP contribution is 2.22. The van der Waals surface area contributed by atoms with E-state index in [1.54, 1.807) is 12.1 Å². The van der Waals surface area contributed by atoms with E-state index < -0.39 is 6.10 Å². The quantitative estimate of drug-likeness (QED) is 0.382. The highest BCUT2D eigenvalue weighted by molar-refractivity contribution is 5.36. The fourth-order valence-electron chi connectivity index (χ4n) is 3.19. The number of aliphatic hydroxyl groups excluding tert-OH is 1. The normalized spacial score (nSPS) is 12.4. The summed E-state index contributed by atoms with van der Waals surface area (Å²) in [4.78, 5) is 0. The summed E-state index contributed by atoms with van der Waals surface area (Å²) in [6.07, 6.45) is 15.2. The predicted molar refractivity (Wildman–Crippen MR) is 101 cm³/mol. The third-order valence-electron chi connectivity index (χ3n) is 4.57. The highest BCUT2D eigenvalue weighted by Gasteiger charge is 2.07. The number of unbranched alkanes of at least 4 members (excludes halogenated alkanes) is 10. The summed E-state index contributed by atoms with van der Waals surface area (Å²) in [5, 5.41) is 28.9. The zero-order chi connectivity index (χ0) is 17.6. The SMILES string of the molecule is CCCCCCCCCCCCC[C@@H](O)Cc1cc(O)cc(O)c1. The molecule has 0 aliphatic rings. The zero-order valence-corrected chi connectivity index (χ0v) is 15.3. The van der Waals surface area contributed by atoms with Crippen molar-refractivity contribution < 1.29 is 15.3 Å². The van der Waals surface area contributed by atoms with Crippen LogP contribution >= 0.6 is 0 Å². The Morgan fingerprint density at radius 1 is 0.708 bits per heavy atom. The third-order valence-corrected chi connectivity index (χ3v) is 4.57. The van der Waals surface area contributed by atoms with Gasteiger partial charge in [0.2, 0.25) is 0 Å². The Labute approximate surface area is 147 Å². The molecular formula is C21H36O3. The van der Waals surface area contributed by atoms with Crippen LogP contribution < -0.4 is 0 Å². The first-order valence-corrected chi connectivity index (χ1v) is 9.81. The summed E-state index contributed by atoms with van der Waals surface area (Å²) < 4.78 is 0. The van der Waals surface area contributed by atoms with Crippen LogP contribution in [0, 0.1) is 0 Å². The number of hydrogen-bond acceptors (Lipinski definition) is 3. The highest BCUT2D eigenvalue weighted by atomic mass is 16.3. The molecule has 0 bridgehead atoms. The van der Waals surface area contributed by atoms with Crippen LogP contribution in [-0.2, 0) is 6.42 Å². The van der Waals surface area contributed by atoms with Gasteiger partial charge >= 0.3 is 0 Å². The molecule has 0 aliphatic heterocycles. The Morgan fingerprint density at radius 2 is 1.17 bits per heavy atom. The van der Waals surface area contributed by atoms with Crippen molar-refractivity contribution in [3.8, 4) is 11.5 Å². The Balaban J connectivity index is 1.97.